The zero-order valence-corrected chi connectivity index (χ0v) is 28.8. The topological polar surface area (TPSA) is 0 Å². The Morgan fingerprint density at radius 3 is 0.769 bits per heavy atom. The van der Waals surface area contributed by atoms with Gasteiger partial charge in [0.2, 0.25) is 11.6 Å². The molecule has 0 unspecified atom stereocenters. The Morgan fingerprint density at radius 2 is 0.519 bits per heavy atom. The molecule has 0 radical (unpaired) electrons. The van der Waals surface area contributed by atoms with Gasteiger partial charge in [0.15, 0.2) is 40.2 Å². The van der Waals surface area contributed by atoms with E-state index in [2.05, 4.69) is 0 Å². The number of rotatable bonds is 6. The summed E-state index contributed by atoms with van der Waals surface area (Å²) in [6.45, 7) is 4.48. The second-order valence-electron chi connectivity index (χ2n) is 12.7. The van der Waals surface area contributed by atoms with Crippen molar-refractivity contribution in [2.45, 2.75) is 41.5 Å². The molecular formula is C36H24BF14P. The van der Waals surface area contributed by atoms with Crippen LogP contribution in [0.5, 0.6) is 0 Å². The monoisotopic (exact) mass is 764 g/mol. The van der Waals surface area contributed by atoms with Crippen molar-refractivity contribution in [3.8, 4) is 0 Å². The third-order valence-corrected chi connectivity index (χ3v) is 12.6. The van der Waals surface area contributed by atoms with Crippen molar-refractivity contribution in [1.29, 1.82) is 0 Å². The molecule has 0 saturated carbocycles. The van der Waals surface area contributed by atoms with Crippen molar-refractivity contribution in [2.24, 2.45) is 0 Å². The number of hydrogen-bond donors (Lipinski definition) is 0. The van der Waals surface area contributed by atoms with E-state index in [1.807, 2.05) is 0 Å². The van der Waals surface area contributed by atoms with Crippen LogP contribution in [0.25, 0.3) is 0 Å². The maximum absolute atomic E-state index is 16.7. The van der Waals surface area contributed by atoms with Crippen molar-refractivity contribution >= 4 is 46.9 Å². The van der Waals surface area contributed by atoms with Gasteiger partial charge in [0.1, 0.15) is 53.4 Å². The molecule has 52 heavy (non-hydrogen) atoms. The highest BCUT2D eigenvalue weighted by Crippen LogP contribution is 2.41. The second kappa shape index (κ2) is 13.9. The standard InChI is InChI=1S/C36H23BF14P/c1-11-7-13(3)34(14(4)8-11)52(35-15(5)9-12(2)10-16(35)6)36-32(50)24(42)19(25(43)33(36)51)37(17-20(38)26(44)30(48)27(45)21(17)39)18-22(40)28(46)31(49)29(47)23(18)41/h7-10,37H,1-6H3/q-1/p+1. The van der Waals surface area contributed by atoms with E-state index in [0.717, 1.165) is 0 Å². The summed E-state index contributed by atoms with van der Waals surface area (Å²) in [6.07, 6.45) is 0. The highest BCUT2D eigenvalue weighted by atomic mass is 31.1. The van der Waals surface area contributed by atoms with Crippen LogP contribution >= 0.6 is 7.92 Å². The molecule has 0 aromatic heterocycles. The van der Waals surface area contributed by atoms with Gasteiger partial charge in [0, 0.05) is 0 Å². The molecule has 0 atom stereocenters. The Morgan fingerprint density at radius 1 is 0.308 bits per heavy atom. The van der Waals surface area contributed by atoms with Crippen LogP contribution in [0.15, 0.2) is 24.3 Å². The predicted molar refractivity (Wildman–Crippen MR) is 173 cm³/mol. The zero-order valence-electron chi connectivity index (χ0n) is 27.8. The lowest BCUT2D eigenvalue weighted by atomic mass is 9.36. The fourth-order valence-electron chi connectivity index (χ4n) is 7.18. The van der Waals surface area contributed by atoms with E-state index in [9.17, 15) is 26.3 Å². The molecule has 274 valence electrons. The summed E-state index contributed by atoms with van der Waals surface area (Å²) >= 11 is 0. The molecule has 0 fully saturated rings. The van der Waals surface area contributed by atoms with Gasteiger partial charge < -0.3 is 0 Å². The number of halogens is 14. The molecule has 0 aliphatic rings. The van der Waals surface area contributed by atoms with Gasteiger partial charge in [-0.2, -0.15) is 8.78 Å². The van der Waals surface area contributed by atoms with Gasteiger partial charge in [0.25, 0.3) is 0 Å². The first kappa shape index (κ1) is 38.8. The highest BCUT2D eigenvalue weighted by molar-refractivity contribution is 7.80. The summed E-state index contributed by atoms with van der Waals surface area (Å²) < 4.78 is 214. The first-order valence-corrected chi connectivity index (χ1v) is 16.8. The SMILES string of the molecule is Cc1cc(C)c([PH+](c2c(C)cc(C)cc2C)c2c(F)c(F)c([BH-](c3c(F)c(F)c(F)c(F)c3F)c3c(F)c(F)c(F)c(F)c3F)c(F)c2F)c(C)c1. The molecular weight excluding hydrogens is 740 g/mol. The van der Waals surface area contributed by atoms with E-state index in [1.54, 1.807) is 65.8 Å². The summed E-state index contributed by atoms with van der Waals surface area (Å²) in [5, 5.41) is -0.807. The van der Waals surface area contributed by atoms with E-state index >= 15 is 35.1 Å². The molecule has 0 N–H and O–H groups in total. The molecule has 16 heteroatoms. The smallest absolute Gasteiger partial charge is 0.201 e. The quantitative estimate of drug-likeness (QED) is 0.0564. The lowest BCUT2D eigenvalue weighted by Gasteiger charge is -2.30. The van der Waals surface area contributed by atoms with E-state index in [0.29, 0.717) is 33.4 Å². The van der Waals surface area contributed by atoms with Crippen LogP contribution in [0, 0.1) is 123 Å². The van der Waals surface area contributed by atoms with Gasteiger partial charge in [-0.3, -0.25) is 0 Å². The molecule has 0 amide bonds. The maximum atomic E-state index is 16.7. The van der Waals surface area contributed by atoms with Crippen LogP contribution in [-0.2, 0) is 0 Å². The van der Waals surface area contributed by atoms with Crippen molar-refractivity contribution in [3.63, 3.8) is 0 Å². The Hall–Kier alpha value is -4.39. The van der Waals surface area contributed by atoms with E-state index < -0.39 is 118 Å². The summed E-state index contributed by atoms with van der Waals surface area (Å²) in [4.78, 5) is 0. The van der Waals surface area contributed by atoms with Crippen molar-refractivity contribution in [1.82, 2.24) is 0 Å². The number of hydrogen-bond acceptors (Lipinski definition) is 0. The van der Waals surface area contributed by atoms with E-state index in [1.165, 1.54) is 0 Å². The molecule has 0 spiro atoms. The van der Waals surface area contributed by atoms with Crippen molar-refractivity contribution in [3.05, 3.63) is 139 Å². The molecule has 5 rings (SSSR count). The highest BCUT2D eigenvalue weighted by Gasteiger charge is 2.43. The van der Waals surface area contributed by atoms with Crippen LogP contribution in [0.1, 0.15) is 33.4 Å². The average molecular weight is 764 g/mol. The molecule has 0 nitrogen and oxygen atoms in total. The molecule has 0 heterocycles. The van der Waals surface area contributed by atoms with Crippen molar-refractivity contribution in [2.75, 3.05) is 0 Å². The Balaban J connectivity index is 2.01. The second-order valence-corrected chi connectivity index (χ2v) is 14.9. The van der Waals surface area contributed by atoms with Gasteiger partial charge in [-0.1, -0.05) is 35.4 Å². The number of benzene rings is 5. The maximum Gasteiger partial charge on any atom is 0.201 e. The van der Waals surface area contributed by atoms with Crippen LogP contribution in [0.2, 0.25) is 0 Å². The predicted octanol–water partition coefficient (Wildman–Crippen LogP) is 7.22. The minimum absolute atomic E-state index is 0.235. The van der Waals surface area contributed by atoms with Gasteiger partial charge >= 0.3 is 0 Å². The Bertz CT molecular complexity index is 2080. The fraction of sp³-hybridized carbons (Fsp3) is 0.167. The molecule has 0 saturated heterocycles. The van der Waals surface area contributed by atoms with Gasteiger partial charge in [-0.05, 0) is 63.8 Å². The summed E-state index contributed by atoms with van der Waals surface area (Å²) in [7, 11) is -3.23. The molecule has 5 aromatic rings. The third-order valence-electron chi connectivity index (χ3n) is 9.12. The van der Waals surface area contributed by atoms with Crippen LogP contribution in [-0.4, -0.2) is 6.71 Å². The molecule has 0 aliphatic heterocycles. The zero-order chi connectivity index (χ0) is 39.0. The van der Waals surface area contributed by atoms with Crippen LogP contribution in [0.3, 0.4) is 0 Å². The number of aryl methyl sites for hydroxylation is 6. The first-order chi connectivity index (χ1) is 24.1. The summed E-state index contributed by atoms with van der Waals surface area (Å²) in [5.41, 5.74) is -4.26. The van der Waals surface area contributed by atoms with Crippen LogP contribution in [0.4, 0.5) is 61.5 Å². The van der Waals surface area contributed by atoms with Crippen LogP contribution < -0.4 is 32.3 Å². The lowest BCUT2D eigenvalue weighted by Crippen LogP contribution is -2.61. The Labute approximate surface area is 288 Å². The minimum Gasteiger partial charge on any atom is -0.207 e. The summed E-state index contributed by atoms with van der Waals surface area (Å²) in [5.74, 6) is -39.0. The summed E-state index contributed by atoms with van der Waals surface area (Å²) in [6, 6.07) is 6.48. The van der Waals surface area contributed by atoms with Gasteiger partial charge in [-0.25, -0.2) is 52.7 Å². The Kier molecular flexibility index (Phi) is 10.4. The minimum atomic E-state index is -5.16. The van der Waals surface area contributed by atoms with Crippen molar-refractivity contribution < 1.29 is 61.5 Å². The average Bonchev–Trinajstić information content (AvgIpc) is 3.06. The van der Waals surface area contributed by atoms with Gasteiger partial charge in [0.05, 0.1) is 6.71 Å². The molecule has 0 bridgehead atoms. The van der Waals surface area contributed by atoms with Gasteiger partial charge in [-0.15, -0.1) is 16.4 Å². The lowest BCUT2D eigenvalue weighted by molar-refractivity contribution is 0.382. The molecule has 5 aromatic carbocycles. The molecule has 0 aliphatic carbocycles. The largest absolute Gasteiger partial charge is 0.207 e. The fourth-order valence-corrected chi connectivity index (χ4v) is 10.5. The van der Waals surface area contributed by atoms with E-state index in [-0.39, 0.29) is 10.6 Å². The third kappa shape index (κ3) is 5.94. The normalized spacial score (nSPS) is 11.8. The van der Waals surface area contributed by atoms with E-state index in [4.69, 9.17) is 0 Å². The first-order valence-electron chi connectivity index (χ1n) is 15.3.